The topological polar surface area (TPSA) is 125 Å². The van der Waals surface area contributed by atoms with Crippen LogP contribution in [0.15, 0.2) is 30.6 Å². The van der Waals surface area contributed by atoms with Crippen LogP contribution in [0, 0.1) is 21.4 Å². The van der Waals surface area contributed by atoms with Gasteiger partial charge in [-0.25, -0.2) is 4.98 Å². The van der Waals surface area contributed by atoms with Gasteiger partial charge in [-0.05, 0) is 12.1 Å². The van der Waals surface area contributed by atoms with Gasteiger partial charge in [0.2, 0.25) is 0 Å². The monoisotopic (exact) mass is 257 g/mol. The predicted octanol–water partition coefficient (Wildman–Crippen LogP) is 1.44. The summed E-state index contributed by atoms with van der Waals surface area (Å²) in [6.07, 6.45) is 1.28. The van der Waals surface area contributed by atoms with Gasteiger partial charge in [-0.3, -0.25) is 14.9 Å². The van der Waals surface area contributed by atoms with Crippen LogP contribution in [0.25, 0.3) is 0 Å². The molecule has 94 valence electrons. The lowest BCUT2D eigenvalue weighted by atomic mass is 10.2. The highest BCUT2D eigenvalue weighted by Gasteiger charge is 2.12. The molecule has 19 heavy (non-hydrogen) atoms. The minimum Gasteiger partial charge on any atom is -0.335 e. The summed E-state index contributed by atoms with van der Waals surface area (Å²) in [5, 5.41) is 21.7. The van der Waals surface area contributed by atoms with Crippen molar-refractivity contribution in [1.29, 1.82) is 5.26 Å². The molecule has 8 heteroatoms. The molecule has 0 aliphatic heterocycles. The lowest BCUT2D eigenvalue weighted by Crippen LogP contribution is -2.13. The number of benzene rings is 1. The average Bonchev–Trinajstić information content (AvgIpc) is 2.86. The van der Waals surface area contributed by atoms with Crippen molar-refractivity contribution in [3.8, 4) is 6.07 Å². The van der Waals surface area contributed by atoms with E-state index in [4.69, 9.17) is 5.26 Å². The molecule has 0 bridgehead atoms. The van der Waals surface area contributed by atoms with Gasteiger partial charge in [0, 0.05) is 17.7 Å². The minimum absolute atomic E-state index is 0.103. The number of nitrogens with one attached hydrogen (secondary N) is 2. The van der Waals surface area contributed by atoms with E-state index in [1.807, 2.05) is 6.07 Å². The molecular formula is C11H7N5O3. The van der Waals surface area contributed by atoms with Crippen LogP contribution in [0.3, 0.4) is 0 Å². The normalized spacial score (nSPS) is 9.63. The fourth-order valence-corrected chi connectivity index (χ4v) is 1.39. The molecule has 2 rings (SSSR count). The molecule has 0 fully saturated rings. The van der Waals surface area contributed by atoms with E-state index in [0.717, 1.165) is 0 Å². The first kappa shape index (κ1) is 12.3. The van der Waals surface area contributed by atoms with Crippen LogP contribution in [0.4, 0.5) is 11.5 Å². The maximum atomic E-state index is 11.8. The number of imidazole rings is 1. The number of anilines is 1. The average molecular weight is 257 g/mol. The summed E-state index contributed by atoms with van der Waals surface area (Å²) in [4.78, 5) is 28.1. The standard InChI is InChI=1S/C11H7N5O3/c12-5-9-10(14-6-13-9)15-11(17)7-1-3-8(4-2-7)16(18)19/h1-4,6H,(H,13,14)(H,15,17). The van der Waals surface area contributed by atoms with Gasteiger partial charge < -0.3 is 10.3 Å². The van der Waals surface area contributed by atoms with Gasteiger partial charge in [-0.2, -0.15) is 5.26 Å². The van der Waals surface area contributed by atoms with E-state index in [1.54, 1.807) is 0 Å². The second kappa shape index (κ2) is 4.97. The van der Waals surface area contributed by atoms with Gasteiger partial charge in [0.1, 0.15) is 6.07 Å². The molecule has 0 spiro atoms. The molecule has 0 aliphatic rings. The number of nitrogens with zero attached hydrogens (tertiary/aromatic N) is 3. The molecule has 1 aromatic heterocycles. The third-order valence-electron chi connectivity index (χ3n) is 2.32. The minimum atomic E-state index is -0.552. The Morgan fingerprint density at radius 3 is 2.68 bits per heavy atom. The number of hydrogen-bond donors (Lipinski definition) is 2. The number of aromatic amines is 1. The third kappa shape index (κ3) is 2.55. The Hall–Kier alpha value is -3.21. The number of carbonyl (C=O) groups is 1. The van der Waals surface area contributed by atoms with Crippen molar-refractivity contribution in [3.05, 3.63) is 52.0 Å². The molecule has 8 nitrogen and oxygen atoms in total. The van der Waals surface area contributed by atoms with Gasteiger partial charge in [0.25, 0.3) is 11.6 Å². The van der Waals surface area contributed by atoms with Crippen molar-refractivity contribution < 1.29 is 9.72 Å². The van der Waals surface area contributed by atoms with Crippen molar-refractivity contribution in [2.24, 2.45) is 0 Å². The number of aromatic nitrogens is 2. The highest BCUT2D eigenvalue weighted by molar-refractivity contribution is 6.04. The van der Waals surface area contributed by atoms with Gasteiger partial charge >= 0.3 is 0 Å². The Morgan fingerprint density at radius 1 is 1.42 bits per heavy atom. The van der Waals surface area contributed by atoms with Crippen LogP contribution in [0.1, 0.15) is 16.1 Å². The molecular weight excluding hydrogens is 250 g/mol. The fraction of sp³-hybridized carbons (Fsp3) is 0. The van der Waals surface area contributed by atoms with E-state index in [-0.39, 0.29) is 22.8 Å². The van der Waals surface area contributed by atoms with Crippen LogP contribution >= 0.6 is 0 Å². The van der Waals surface area contributed by atoms with E-state index in [9.17, 15) is 14.9 Å². The van der Waals surface area contributed by atoms with E-state index in [1.165, 1.54) is 30.6 Å². The first-order valence-electron chi connectivity index (χ1n) is 5.11. The molecule has 0 saturated carbocycles. The number of hydrogen-bond acceptors (Lipinski definition) is 5. The number of non-ortho nitro benzene ring substituents is 1. The quantitative estimate of drug-likeness (QED) is 0.635. The summed E-state index contributed by atoms with van der Waals surface area (Å²) in [7, 11) is 0. The first-order chi connectivity index (χ1) is 9.11. The third-order valence-corrected chi connectivity index (χ3v) is 2.32. The summed E-state index contributed by atoms with van der Waals surface area (Å²) in [6, 6.07) is 6.94. The van der Waals surface area contributed by atoms with Crippen molar-refractivity contribution in [2.75, 3.05) is 5.32 Å². The predicted molar refractivity (Wildman–Crippen MR) is 64.4 cm³/mol. The Labute approximate surface area is 106 Å². The number of nitro groups is 1. The smallest absolute Gasteiger partial charge is 0.269 e. The van der Waals surface area contributed by atoms with Crippen LogP contribution < -0.4 is 5.32 Å². The molecule has 0 radical (unpaired) electrons. The molecule has 1 heterocycles. The molecule has 2 N–H and O–H groups in total. The Bertz CT molecular complexity index is 668. The van der Waals surface area contributed by atoms with Crippen LogP contribution in [-0.4, -0.2) is 20.8 Å². The van der Waals surface area contributed by atoms with E-state index < -0.39 is 10.8 Å². The lowest BCUT2D eigenvalue weighted by molar-refractivity contribution is -0.384. The number of carbonyl (C=O) groups excluding carboxylic acids is 1. The van der Waals surface area contributed by atoms with Gasteiger partial charge in [0.15, 0.2) is 11.5 Å². The van der Waals surface area contributed by atoms with E-state index in [0.29, 0.717) is 0 Å². The van der Waals surface area contributed by atoms with Crippen molar-refractivity contribution >= 4 is 17.4 Å². The number of nitro benzene ring substituents is 1. The van der Waals surface area contributed by atoms with Crippen LogP contribution in [0.2, 0.25) is 0 Å². The Kier molecular flexibility index (Phi) is 3.20. The summed E-state index contributed by atoms with van der Waals surface area (Å²) in [5.74, 6) is -0.385. The highest BCUT2D eigenvalue weighted by Crippen LogP contribution is 2.14. The molecule has 1 amide bonds. The van der Waals surface area contributed by atoms with Gasteiger partial charge in [-0.15, -0.1) is 0 Å². The molecule has 0 atom stereocenters. The fourth-order valence-electron chi connectivity index (χ4n) is 1.39. The number of H-pyrrole nitrogens is 1. The molecule has 0 aliphatic carbocycles. The number of nitriles is 1. The zero-order valence-electron chi connectivity index (χ0n) is 9.45. The Morgan fingerprint density at radius 2 is 2.11 bits per heavy atom. The molecule has 1 aromatic carbocycles. The Balaban J connectivity index is 2.17. The largest absolute Gasteiger partial charge is 0.335 e. The van der Waals surface area contributed by atoms with Crippen molar-refractivity contribution in [2.45, 2.75) is 0 Å². The SMILES string of the molecule is N#Cc1[nH]cnc1NC(=O)c1ccc([N+](=O)[O-])cc1. The maximum absolute atomic E-state index is 11.8. The van der Waals surface area contributed by atoms with Gasteiger partial charge in [-0.1, -0.05) is 0 Å². The first-order valence-corrected chi connectivity index (χ1v) is 5.11. The second-order valence-corrected chi connectivity index (χ2v) is 3.50. The van der Waals surface area contributed by atoms with E-state index in [2.05, 4.69) is 15.3 Å². The van der Waals surface area contributed by atoms with E-state index >= 15 is 0 Å². The van der Waals surface area contributed by atoms with Crippen molar-refractivity contribution in [3.63, 3.8) is 0 Å². The van der Waals surface area contributed by atoms with Gasteiger partial charge in [0.05, 0.1) is 11.3 Å². The molecule has 0 saturated heterocycles. The summed E-state index contributed by atoms with van der Waals surface area (Å²) >= 11 is 0. The molecule has 2 aromatic rings. The number of amides is 1. The summed E-state index contributed by atoms with van der Waals surface area (Å²) in [6.45, 7) is 0. The molecule has 0 unspecified atom stereocenters. The summed E-state index contributed by atoms with van der Waals surface area (Å²) in [5.41, 5.74) is 0.266. The van der Waals surface area contributed by atoms with Crippen LogP contribution in [0.5, 0.6) is 0 Å². The maximum Gasteiger partial charge on any atom is 0.269 e. The zero-order valence-corrected chi connectivity index (χ0v) is 9.45. The zero-order chi connectivity index (χ0) is 13.8. The number of rotatable bonds is 3. The second-order valence-electron chi connectivity index (χ2n) is 3.50. The van der Waals surface area contributed by atoms with Crippen LogP contribution in [-0.2, 0) is 0 Å². The van der Waals surface area contributed by atoms with Crippen molar-refractivity contribution in [1.82, 2.24) is 9.97 Å². The highest BCUT2D eigenvalue weighted by atomic mass is 16.6. The lowest BCUT2D eigenvalue weighted by Gasteiger charge is -2.02. The summed E-state index contributed by atoms with van der Waals surface area (Å²) < 4.78 is 0.